The fraction of sp³-hybridized carbons (Fsp3) is 0.778. The number of aliphatic hydroxyl groups is 3. The minimum Gasteiger partial charge on any atom is -0.479 e. The Kier molecular flexibility index (Phi) is 10.1. The van der Waals surface area contributed by atoms with Crippen LogP contribution in [0.3, 0.4) is 0 Å². The number of carbonyl (C=O) groups excluding carboxylic acids is 1. The average Bonchev–Trinajstić information content (AvgIpc) is 3.16. The Bertz CT molecular complexity index is 720. The van der Waals surface area contributed by atoms with Gasteiger partial charge in [-0.25, -0.2) is 9.48 Å². The number of nitrogens with zero attached hydrogens (tertiary/aromatic N) is 3. The van der Waals surface area contributed by atoms with Gasteiger partial charge in [0, 0.05) is 37.7 Å². The van der Waals surface area contributed by atoms with E-state index in [0.29, 0.717) is 31.2 Å². The Labute approximate surface area is 183 Å². The van der Waals surface area contributed by atoms with E-state index in [4.69, 9.17) is 9.47 Å². The molecule has 1 amide bonds. The van der Waals surface area contributed by atoms with Crippen molar-refractivity contribution in [3.8, 4) is 0 Å². The fourth-order valence-electron chi connectivity index (χ4n) is 3.20. The standard InChI is InChI=1S/C18H30N4O8S/c1-3-29-5-4-22-7-11(20-21-22)8-31-9-13(25)16(26)17-15(19-10(2)23)12(24)6-14(30-17)18(27)28/h7,12-17,24-26H,3-6,8-9H2,1-2H3,(H,19,23)(H,27,28)/t12-,13+,14?,15+,16+,17+/m0/s1. The summed E-state index contributed by atoms with van der Waals surface area (Å²) in [5.74, 6) is -1.25. The molecular formula is C18H30N4O8S. The Balaban J connectivity index is 1.90. The first kappa shape index (κ1) is 25.5. The van der Waals surface area contributed by atoms with E-state index >= 15 is 0 Å². The SMILES string of the molecule is CCOCCn1cc(CSC[C@@H](O)[C@@H](O)[C@@H]2OC(C(=O)O)C[C@H](O)[C@H]2NC(C)=O)nn1. The molecule has 2 rings (SSSR count). The summed E-state index contributed by atoms with van der Waals surface area (Å²) in [5, 5.41) is 50.9. The Morgan fingerprint density at radius 2 is 2.19 bits per heavy atom. The van der Waals surface area contributed by atoms with Gasteiger partial charge in [0.1, 0.15) is 12.2 Å². The zero-order chi connectivity index (χ0) is 23.0. The quantitative estimate of drug-likeness (QED) is 0.226. The molecule has 0 saturated carbocycles. The van der Waals surface area contributed by atoms with Gasteiger partial charge in [-0.2, -0.15) is 11.8 Å². The van der Waals surface area contributed by atoms with Crippen molar-refractivity contribution >= 4 is 23.6 Å². The van der Waals surface area contributed by atoms with Crippen LogP contribution in [-0.4, -0.2) is 103 Å². The number of rotatable bonds is 12. The zero-order valence-electron chi connectivity index (χ0n) is 17.5. The number of thioether (sulfide) groups is 1. The van der Waals surface area contributed by atoms with Crippen molar-refractivity contribution in [2.24, 2.45) is 0 Å². The third kappa shape index (κ3) is 7.70. The van der Waals surface area contributed by atoms with Crippen molar-refractivity contribution in [2.75, 3.05) is 19.0 Å². The predicted molar refractivity (Wildman–Crippen MR) is 109 cm³/mol. The van der Waals surface area contributed by atoms with E-state index in [1.165, 1.54) is 18.7 Å². The van der Waals surface area contributed by atoms with Crippen molar-refractivity contribution < 1.29 is 39.5 Å². The van der Waals surface area contributed by atoms with E-state index in [9.17, 15) is 30.0 Å². The van der Waals surface area contributed by atoms with Crippen LogP contribution in [0.5, 0.6) is 0 Å². The van der Waals surface area contributed by atoms with Gasteiger partial charge in [-0.05, 0) is 6.92 Å². The van der Waals surface area contributed by atoms with Crippen molar-refractivity contribution in [2.45, 2.75) is 69.1 Å². The van der Waals surface area contributed by atoms with E-state index in [-0.39, 0.29) is 12.2 Å². The van der Waals surface area contributed by atoms with Crippen LogP contribution in [0.4, 0.5) is 0 Å². The number of aliphatic hydroxyl groups excluding tert-OH is 3. The molecular weight excluding hydrogens is 432 g/mol. The van der Waals surface area contributed by atoms with Crippen molar-refractivity contribution in [1.29, 1.82) is 0 Å². The van der Waals surface area contributed by atoms with Gasteiger partial charge in [-0.1, -0.05) is 5.21 Å². The zero-order valence-corrected chi connectivity index (χ0v) is 18.3. The largest absolute Gasteiger partial charge is 0.479 e. The second-order valence-corrected chi connectivity index (χ2v) is 8.23. The van der Waals surface area contributed by atoms with E-state index in [2.05, 4.69) is 15.6 Å². The molecule has 1 aromatic heterocycles. The molecule has 2 heterocycles. The maximum atomic E-state index is 11.5. The van der Waals surface area contributed by atoms with Crippen LogP contribution in [0.1, 0.15) is 26.0 Å². The number of carboxylic acids is 1. The maximum Gasteiger partial charge on any atom is 0.332 e. The van der Waals surface area contributed by atoms with Gasteiger partial charge >= 0.3 is 5.97 Å². The number of amides is 1. The van der Waals surface area contributed by atoms with Crippen LogP contribution in [0, 0.1) is 0 Å². The number of ether oxygens (including phenoxy) is 2. The van der Waals surface area contributed by atoms with E-state index in [0.717, 1.165) is 0 Å². The number of aliphatic carboxylic acids is 1. The van der Waals surface area contributed by atoms with E-state index in [1.807, 2.05) is 6.92 Å². The van der Waals surface area contributed by atoms with Crippen LogP contribution in [0.15, 0.2) is 6.20 Å². The molecule has 1 saturated heterocycles. The highest BCUT2D eigenvalue weighted by molar-refractivity contribution is 7.98. The molecule has 5 N–H and O–H groups in total. The second kappa shape index (κ2) is 12.3. The maximum absolute atomic E-state index is 11.5. The molecule has 0 aliphatic carbocycles. The summed E-state index contributed by atoms with van der Waals surface area (Å²) < 4.78 is 12.3. The Morgan fingerprint density at radius 1 is 1.45 bits per heavy atom. The first-order valence-corrected chi connectivity index (χ1v) is 11.1. The van der Waals surface area contributed by atoms with Crippen LogP contribution in [0.2, 0.25) is 0 Å². The Hall–Kier alpha value is -1.77. The lowest BCUT2D eigenvalue weighted by Gasteiger charge is -2.41. The molecule has 13 heteroatoms. The minimum absolute atomic E-state index is 0.0907. The van der Waals surface area contributed by atoms with E-state index < -0.39 is 48.4 Å². The van der Waals surface area contributed by atoms with Crippen LogP contribution >= 0.6 is 11.8 Å². The first-order valence-electron chi connectivity index (χ1n) is 9.97. The fourth-order valence-corrected chi connectivity index (χ4v) is 4.10. The molecule has 1 aliphatic heterocycles. The number of aromatic nitrogens is 3. The number of carboxylic acid groups (broad SMARTS) is 1. The molecule has 1 fully saturated rings. The average molecular weight is 463 g/mol. The molecule has 1 aromatic rings. The molecule has 0 bridgehead atoms. The summed E-state index contributed by atoms with van der Waals surface area (Å²) in [5.41, 5.74) is 0.689. The molecule has 0 aromatic carbocycles. The number of hydrogen-bond donors (Lipinski definition) is 5. The normalized spacial score (nSPS) is 25.7. The number of carbonyl (C=O) groups is 2. The predicted octanol–water partition coefficient (Wildman–Crippen LogP) is -1.62. The van der Waals surface area contributed by atoms with Gasteiger partial charge < -0.3 is 35.2 Å². The van der Waals surface area contributed by atoms with Gasteiger partial charge in [0.05, 0.1) is 37.1 Å². The highest BCUT2D eigenvalue weighted by Crippen LogP contribution is 2.25. The molecule has 6 atom stereocenters. The number of hydrogen-bond acceptors (Lipinski definition) is 10. The summed E-state index contributed by atoms with van der Waals surface area (Å²) in [6, 6.07) is -1.05. The highest BCUT2D eigenvalue weighted by Gasteiger charge is 2.46. The monoisotopic (exact) mass is 462 g/mol. The number of nitrogens with one attached hydrogen (secondary N) is 1. The van der Waals surface area contributed by atoms with Crippen LogP contribution < -0.4 is 5.32 Å². The molecule has 31 heavy (non-hydrogen) atoms. The van der Waals surface area contributed by atoms with Crippen LogP contribution in [-0.2, 0) is 31.4 Å². The van der Waals surface area contributed by atoms with Gasteiger partial charge in [0.2, 0.25) is 5.91 Å². The molecule has 0 spiro atoms. The highest BCUT2D eigenvalue weighted by atomic mass is 32.2. The molecule has 1 unspecified atom stereocenters. The lowest BCUT2D eigenvalue weighted by Crippen LogP contribution is -2.63. The first-order chi connectivity index (χ1) is 14.7. The molecule has 176 valence electrons. The summed E-state index contributed by atoms with van der Waals surface area (Å²) >= 11 is 1.29. The molecule has 0 radical (unpaired) electrons. The molecule has 1 aliphatic rings. The minimum atomic E-state index is -1.52. The van der Waals surface area contributed by atoms with Gasteiger partial charge in [0.15, 0.2) is 6.10 Å². The lowest BCUT2D eigenvalue weighted by molar-refractivity contribution is -0.192. The van der Waals surface area contributed by atoms with Gasteiger partial charge in [-0.3, -0.25) is 4.79 Å². The lowest BCUT2D eigenvalue weighted by atomic mass is 9.90. The van der Waals surface area contributed by atoms with Gasteiger partial charge in [-0.15, -0.1) is 5.10 Å². The Morgan fingerprint density at radius 3 is 2.84 bits per heavy atom. The van der Waals surface area contributed by atoms with Gasteiger partial charge in [0.25, 0.3) is 0 Å². The van der Waals surface area contributed by atoms with Crippen molar-refractivity contribution in [3.63, 3.8) is 0 Å². The summed E-state index contributed by atoms with van der Waals surface area (Å²) in [6.07, 6.45) is -5.19. The van der Waals surface area contributed by atoms with Crippen molar-refractivity contribution in [3.05, 3.63) is 11.9 Å². The third-order valence-corrected chi connectivity index (χ3v) is 5.79. The smallest absolute Gasteiger partial charge is 0.332 e. The topological polar surface area (TPSA) is 176 Å². The molecule has 12 nitrogen and oxygen atoms in total. The van der Waals surface area contributed by atoms with E-state index in [1.54, 1.807) is 10.9 Å². The van der Waals surface area contributed by atoms with Crippen molar-refractivity contribution in [1.82, 2.24) is 20.3 Å². The summed E-state index contributed by atoms with van der Waals surface area (Å²) in [4.78, 5) is 22.7. The van der Waals surface area contributed by atoms with Crippen LogP contribution in [0.25, 0.3) is 0 Å². The third-order valence-electron chi connectivity index (χ3n) is 4.72. The second-order valence-electron chi connectivity index (χ2n) is 7.20. The summed E-state index contributed by atoms with van der Waals surface area (Å²) in [6.45, 7) is 4.85. The summed E-state index contributed by atoms with van der Waals surface area (Å²) in [7, 11) is 0.